The van der Waals surface area contributed by atoms with Gasteiger partial charge in [0.25, 0.3) is 0 Å². The summed E-state index contributed by atoms with van der Waals surface area (Å²) in [6.45, 7) is 2.03. The van der Waals surface area contributed by atoms with Crippen molar-refractivity contribution in [2.75, 3.05) is 6.54 Å². The number of carboxylic acid groups (broad SMARTS) is 1. The molecule has 0 atom stereocenters. The van der Waals surface area contributed by atoms with Crippen LogP contribution in [-0.2, 0) is 0 Å². The SMILES string of the molecule is Cc1cc(C(=O)O)cc(-c2cnc3[nH]c(=O)n(-c4ccc(C5=NCC6=C(C=C(C(F)(F)F)CC=C6)N5)cc4)c3c2)c1. The Morgan fingerprint density at radius 2 is 1.83 bits per heavy atom. The Morgan fingerprint density at radius 1 is 1.05 bits per heavy atom. The molecule has 0 spiro atoms. The number of halogens is 3. The number of aromatic nitrogens is 3. The molecular weight excluding hydrogens is 535 g/mol. The van der Waals surface area contributed by atoms with Crippen LogP contribution < -0.4 is 11.0 Å². The molecule has 0 saturated heterocycles. The summed E-state index contributed by atoms with van der Waals surface area (Å²) >= 11 is 0. The predicted octanol–water partition coefficient (Wildman–Crippen LogP) is 5.44. The molecule has 0 radical (unpaired) electrons. The Morgan fingerprint density at radius 3 is 2.56 bits per heavy atom. The molecule has 0 saturated carbocycles. The van der Waals surface area contributed by atoms with Gasteiger partial charge in [-0.25, -0.2) is 14.6 Å². The number of aromatic carboxylic acids is 1. The second kappa shape index (κ2) is 9.77. The molecule has 0 unspecified atom stereocenters. The van der Waals surface area contributed by atoms with E-state index in [4.69, 9.17) is 0 Å². The van der Waals surface area contributed by atoms with E-state index in [1.54, 1.807) is 61.7 Å². The number of nitrogens with zero attached hydrogens (tertiary/aromatic N) is 3. The zero-order valence-electron chi connectivity index (χ0n) is 21.6. The maximum atomic E-state index is 13.4. The van der Waals surface area contributed by atoms with Gasteiger partial charge in [-0.15, -0.1) is 0 Å². The number of nitrogens with one attached hydrogen (secondary N) is 2. The molecule has 1 aliphatic carbocycles. The summed E-state index contributed by atoms with van der Waals surface area (Å²) in [5.74, 6) is -0.619. The highest BCUT2D eigenvalue weighted by molar-refractivity contribution is 6.01. The van der Waals surface area contributed by atoms with E-state index in [0.29, 0.717) is 50.6 Å². The molecule has 8 nitrogen and oxygen atoms in total. The predicted molar refractivity (Wildman–Crippen MR) is 148 cm³/mol. The van der Waals surface area contributed by atoms with Crippen molar-refractivity contribution in [3.05, 3.63) is 117 Å². The van der Waals surface area contributed by atoms with Gasteiger partial charge in [0.1, 0.15) is 5.84 Å². The van der Waals surface area contributed by atoms with E-state index in [1.165, 1.54) is 10.6 Å². The first kappa shape index (κ1) is 26.1. The molecule has 206 valence electrons. The number of aromatic amines is 1. The number of rotatable bonds is 4. The molecule has 2 aromatic heterocycles. The monoisotopic (exact) mass is 557 g/mol. The minimum absolute atomic E-state index is 0.147. The number of benzene rings is 2. The molecule has 1 aliphatic heterocycles. The minimum atomic E-state index is -4.43. The number of aryl methyl sites for hydroxylation is 1. The van der Waals surface area contributed by atoms with Crippen LogP contribution in [-0.4, -0.2) is 44.2 Å². The number of carbonyl (C=O) groups is 1. The molecule has 4 aromatic rings. The number of amidine groups is 1. The highest BCUT2D eigenvalue weighted by atomic mass is 19.4. The topological polar surface area (TPSA) is 112 Å². The Balaban J connectivity index is 1.32. The van der Waals surface area contributed by atoms with Gasteiger partial charge in [0.2, 0.25) is 0 Å². The van der Waals surface area contributed by atoms with Gasteiger partial charge in [-0.3, -0.25) is 14.5 Å². The lowest BCUT2D eigenvalue weighted by molar-refractivity contribution is -0.0929. The number of hydrogen-bond donors (Lipinski definition) is 3. The second-order valence-corrected chi connectivity index (χ2v) is 9.80. The summed E-state index contributed by atoms with van der Waals surface area (Å²) in [7, 11) is 0. The van der Waals surface area contributed by atoms with Crippen molar-refractivity contribution >= 4 is 23.0 Å². The molecule has 0 amide bonds. The third kappa shape index (κ3) is 4.97. The van der Waals surface area contributed by atoms with Crippen LogP contribution in [0.3, 0.4) is 0 Å². The number of allylic oxidation sites excluding steroid dienone is 3. The van der Waals surface area contributed by atoms with Crippen molar-refractivity contribution in [2.45, 2.75) is 19.5 Å². The molecule has 0 bridgehead atoms. The molecule has 2 aliphatic rings. The van der Waals surface area contributed by atoms with E-state index in [-0.39, 0.29) is 18.5 Å². The van der Waals surface area contributed by atoms with Crippen molar-refractivity contribution in [1.29, 1.82) is 0 Å². The Kier molecular flexibility index (Phi) is 6.21. The largest absolute Gasteiger partial charge is 0.478 e. The average Bonchev–Trinajstić information content (AvgIpc) is 3.10. The van der Waals surface area contributed by atoms with Gasteiger partial charge in [-0.05, 0) is 78.6 Å². The van der Waals surface area contributed by atoms with E-state index in [2.05, 4.69) is 20.3 Å². The van der Waals surface area contributed by atoms with Crippen molar-refractivity contribution in [3.63, 3.8) is 0 Å². The molecule has 6 rings (SSSR count). The maximum absolute atomic E-state index is 13.4. The summed E-state index contributed by atoms with van der Waals surface area (Å²) in [6.07, 6.45) is 1.21. The van der Waals surface area contributed by atoms with E-state index < -0.39 is 23.4 Å². The highest BCUT2D eigenvalue weighted by Gasteiger charge is 2.34. The lowest BCUT2D eigenvalue weighted by atomic mass is 10.0. The van der Waals surface area contributed by atoms with Gasteiger partial charge in [0.05, 0.1) is 23.3 Å². The Hall–Kier alpha value is -5.19. The van der Waals surface area contributed by atoms with Crippen LogP contribution in [0.5, 0.6) is 0 Å². The molecule has 0 fully saturated rings. The molecule has 3 heterocycles. The van der Waals surface area contributed by atoms with Gasteiger partial charge < -0.3 is 10.4 Å². The molecular formula is C30H22F3N5O3. The highest BCUT2D eigenvalue weighted by Crippen LogP contribution is 2.32. The van der Waals surface area contributed by atoms with E-state index >= 15 is 0 Å². The second-order valence-electron chi connectivity index (χ2n) is 9.80. The van der Waals surface area contributed by atoms with Crippen LogP contribution in [0.1, 0.15) is 27.9 Å². The normalized spacial score (nSPS) is 15.2. The van der Waals surface area contributed by atoms with Crippen LogP contribution in [0.2, 0.25) is 0 Å². The first-order valence-electron chi connectivity index (χ1n) is 12.6. The van der Waals surface area contributed by atoms with Crippen molar-refractivity contribution in [1.82, 2.24) is 19.9 Å². The lowest BCUT2D eigenvalue weighted by Crippen LogP contribution is -2.29. The van der Waals surface area contributed by atoms with Gasteiger partial charge in [0, 0.05) is 28.6 Å². The third-order valence-electron chi connectivity index (χ3n) is 6.94. The Bertz CT molecular complexity index is 1910. The number of alkyl halides is 3. The van der Waals surface area contributed by atoms with E-state index in [0.717, 1.165) is 11.6 Å². The maximum Gasteiger partial charge on any atom is 0.413 e. The number of H-pyrrole nitrogens is 1. The summed E-state index contributed by atoms with van der Waals surface area (Å²) in [6, 6.07) is 13.6. The van der Waals surface area contributed by atoms with Crippen LogP contribution in [0.25, 0.3) is 28.0 Å². The fraction of sp³-hybridized carbons (Fsp3) is 0.133. The molecule has 3 N–H and O–H groups in total. The number of aliphatic imine (C=N–C) groups is 1. The zero-order chi connectivity index (χ0) is 28.9. The van der Waals surface area contributed by atoms with Crippen molar-refractivity contribution in [3.8, 4) is 16.8 Å². The number of fused-ring (bicyclic) bond motifs is 1. The lowest BCUT2D eigenvalue weighted by Gasteiger charge is -2.19. The summed E-state index contributed by atoms with van der Waals surface area (Å²) < 4.78 is 41.6. The van der Waals surface area contributed by atoms with Gasteiger partial charge >= 0.3 is 17.8 Å². The van der Waals surface area contributed by atoms with Gasteiger partial charge in [0.15, 0.2) is 5.65 Å². The first-order chi connectivity index (χ1) is 19.6. The van der Waals surface area contributed by atoms with E-state index in [1.807, 2.05) is 6.07 Å². The van der Waals surface area contributed by atoms with Crippen LogP contribution in [0.4, 0.5) is 13.2 Å². The zero-order valence-corrected chi connectivity index (χ0v) is 21.6. The summed E-state index contributed by atoms with van der Waals surface area (Å²) in [4.78, 5) is 36.1. The first-order valence-corrected chi connectivity index (χ1v) is 12.6. The number of imidazole rings is 1. The van der Waals surface area contributed by atoms with Crippen molar-refractivity contribution < 1.29 is 23.1 Å². The minimum Gasteiger partial charge on any atom is -0.478 e. The van der Waals surface area contributed by atoms with E-state index in [9.17, 15) is 27.9 Å². The average molecular weight is 558 g/mol. The van der Waals surface area contributed by atoms with Gasteiger partial charge in [-0.2, -0.15) is 13.2 Å². The summed E-state index contributed by atoms with van der Waals surface area (Å²) in [5.41, 5.74) is 4.22. The standard InChI is InChI=1S/C30H22F3N5O3/c1-16-9-19(11-20(10-16)28(39)40)21-12-25-27(35-15-21)37-29(41)38(25)23-7-5-17(6-8-23)26-34-14-18-3-2-4-22(30(31,32)33)13-24(18)36-26/h2-3,5-13,15H,4,14H2,1H3,(H,34,36)(H,39,40)(H,35,37,41). The van der Waals surface area contributed by atoms with Crippen LogP contribution in [0, 0.1) is 6.92 Å². The smallest absolute Gasteiger partial charge is 0.413 e. The molecule has 2 aromatic carbocycles. The molecule has 11 heteroatoms. The number of hydrogen-bond acceptors (Lipinski definition) is 5. The number of carboxylic acids is 1. The number of pyridine rings is 1. The quantitative estimate of drug-likeness (QED) is 0.309. The third-order valence-corrected chi connectivity index (χ3v) is 6.94. The van der Waals surface area contributed by atoms with Gasteiger partial charge in [-0.1, -0.05) is 18.2 Å². The summed E-state index contributed by atoms with van der Waals surface area (Å²) in [5, 5.41) is 12.5. The fourth-order valence-electron chi connectivity index (χ4n) is 4.93. The Labute approximate surface area is 230 Å². The molecule has 41 heavy (non-hydrogen) atoms. The van der Waals surface area contributed by atoms with Crippen molar-refractivity contribution in [2.24, 2.45) is 4.99 Å². The fourth-order valence-corrected chi connectivity index (χ4v) is 4.93. The van der Waals surface area contributed by atoms with Crippen LogP contribution >= 0.6 is 0 Å². The van der Waals surface area contributed by atoms with Crippen LogP contribution in [0.15, 0.2) is 99.6 Å².